The maximum atomic E-state index is 12.1. The summed E-state index contributed by atoms with van der Waals surface area (Å²) in [6, 6.07) is 4.89. The first-order valence-electron chi connectivity index (χ1n) is 8.37. The van der Waals surface area contributed by atoms with Crippen molar-refractivity contribution < 1.29 is 14.6 Å². The monoisotopic (exact) mass is 320 g/mol. The zero-order valence-electron chi connectivity index (χ0n) is 14.3. The molecule has 0 aromatic heterocycles. The predicted octanol–water partition coefficient (Wildman–Crippen LogP) is 2.18. The van der Waals surface area contributed by atoms with Crippen LogP contribution >= 0.6 is 0 Å². The van der Waals surface area contributed by atoms with Crippen LogP contribution in [0, 0.1) is 12.8 Å². The van der Waals surface area contributed by atoms with Crippen molar-refractivity contribution in [3.05, 3.63) is 29.3 Å². The van der Waals surface area contributed by atoms with Crippen molar-refractivity contribution in [1.82, 2.24) is 10.2 Å². The average molecular weight is 320 g/mol. The number of carbonyl (C=O) groups is 1. The number of aromatic hydroxyl groups is 1. The fraction of sp³-hybridized carbons (Fsp3) is 0.611. The summed E-state index contributed by atoms with van der Waals surface area (Å²) in [6.45, 7) is 10.6. The molecule has 1 saturated heterocycles. The van der Waals surface area contributed by atoms with E-state index in [1.54, 1.807) is 25.1 Å². The number of benzene rings is 1. The van der Waals surface area contributed by atoms with Crippen LogP contribution in [0.5, 0.6) is 5.75 Å². The number of hydrogen-bond acceptors (Lipinski definition) is 4. The van der Waals surface area contributed by atoms with Crippen molar-refractivity contribution in [3.63, 3.8) is 0 Å². The van der Waals surface area contributed by atoms with E-state index in [0.29, 0.717) is 23.6 Å². The summed E-state index contributed by atoms with van der Waals surface area (Å²) in [5.74, 6) is 0.761. The smallest absolute Gasteiger partial charge is 0.251 e. The topological polar surface area (TPSA) is 61.8 Å². The number of nitrogens with zero attached hydrogens (tertiary/aromatic N) is 1. The summed E-state index contributed by atoms with van der Waals surface area (Å²) in [5.41, 5.74) is 1.28. The van der Waals surface area contributed by atoms with Gasteiger partial charge in [0, 0.05) is 31.7 Å². The molecule has 0 bridgehead atoms. The van der Waals surface area contributed by atoms with Gasteiger partial charge in [0.25, 0.3) is 5.91 Å². The maximum Gasteiger partial charge on any atom is 0.251 e. The van der Waals surface area contributed by atoms with E-state index in [-0.39, 0.29) is 17.8 Å². The van der Waals surface area contributed by atoms with Gasteiger partial charge >= 0.3 is 0 Å². The molecule has 0 spiro atoms. The van der Waals surface area contributed by atoms with Crippen LogP contribution < -0.4 is 5.32 Å². The van der Waals surface area contributed by atoms with Gasteiger partial charge in [-0.25, -0.2) is 0 Å². The van der Waals surface area contributed by atoms with Crippen LogP contribution in [0.1, 0.15) is 36.2 Å². The summed E-state index contributed by atoms with van der Waals surface area (Å²) < 4.78 is 5.79. The van der Waals surface area contributed by atoms with E-state index in [2.05, 4.69) is 24.1 Å². The minimum Gasteiger partial charge on any atom is -0.508 e. The molecule has 0 aliphatic carbocycles. The van der Waals surface area contributed by atoms with Crippen molar-refractivity contribution in [2.75, 3.05) is 32.8 Å². The van der Waals surface area contributed by atoms with Crippen molar-refractivity contribution in [3.8, 4) is 5.75 Å². The second kappa shape index (κ2) is 8.31. The van der Waals surface area contributed by atoms with E-state index in [1.165, 1.54) is 0 Å². The molecule has 1 aromatic rings. The normalized spacial score (nSPS) is 19.0. The number of rotatable bonds is 6. The average Bonchev–Trinajstić information content (AvgIpc) is 2.49. The van der Waals surface area contributed by atoms with E-state index < -0.39 is 0 Å². The Morgan fingerprint density at radius 1 is 1.48 bits per heavy atom. The fourth-order valence-electron chi connectivity index (χ4n) is 2.88. The number of carbonyl (C=O) groups excluding carboxylic acids is 1. The molecule has 5 nitrogen and oxygen atoms in total. The van der Waals surface area contributed by atoms with Gasteiger partial charge in [0.15, 0.2) is 0 Å². The van der Waals surface area contributed by atoms with Gasteiger partial charge in [-0.1, -0.05) is 13.8 Å². The molecule has 1 aromatic carbocycles. The number of phenolic OH excluding ortho intramolecular Hbond substituents is 1. The van der Waals surface area contributed by atoms with Gasteiger partial charge in [-0.2, -0.15) is 0 Å². The third-order valence-corrected chi connectivity index (χ3v) is 4.06. The van der Waals surface area contributed by atoms with Crippen LogP contribution in [0.4, 0.5) is 0 Å². The van der Waals surface area contributed by atoms with Gasteiger partial charge in [-0.15, -0.1) is 0 Å². The van der Waals surface area contributed by atoms with Crippen LogP contribution in [-0.4, -0.2) is 54.8 Å². The van der Waals surface area contributed by atoms with Crippen molar-refractivity contribution in [2.24, 2.45) is 5.92 Å². The maximum absolute atomic E-state index is 12.1. The first-order valence-corrected chi connectivity index (χ1v) is 8.37. The molecule has 2 N–H and O–H groups in total. The Morgan fingerprint density at radius 3 is 2.96 bits per heavy atom. The summed E-state index contributed by atoms with van der Waals surface area (Å²) in [7, 11) is 0. The van der Waals surface area contributed by atoms with Gasteiger partial charge in [0.2, 0.25) is 0 Å². The number of nitrogens with one attached hydrogen (secondary N) is 1. The van der Waals surface area contributed by atoms with Crippen LogP contribution in [-0.2, 0) is 4.74 Å². The van der Waals surface area contributed by atoms with E-state index in [4.69, 9.17) is 4.74 Å². The molecule has 1 aliphatic heterocycles. The second-order valence-corrected chi connectivity index (χ2v) is 6.69. The lowest BCUT2D eigenvalue weighted by Gasteiger charge is -2.34. The van der Waals surface area contributed by atoms with E-state index >= 15 is 0 Å². The SMILES string of the molecule is Cc1cc(C(=O)NCCC2CN(CC(C)C)CCO2)ccc1O. The predicted molar refractivity (Wildman–Crippen MR) is 90.8 cm³/mol. The first kappa shape index (κ1) is 17.8. The Morgan fingerprint density at radius 2 is 2.26 bits per heavy atom. The molecular formula is C18H28N2O3. The van der Waals surface area contributed by atoms with Gasteiger partial charge < -0.3 is 15.2 Å². The quantitative estimate of drug-likeness (QED) is 0.843. The number of aryl methyl sites for hydroxylation is 1. The molecule has 1 aliphatic rings. The van der Waals surface area contributed by atoms with Gasteiger partial charge in [-0.3, -0.25) is 9.69 Å². The Hall–Kier alpha value is -1.59. The Kier molecular flexibility index (Phi) is 6.42. The molecule has 5 heteroatoms. The van der Waals surface area contributed by atoms with E-state index in [9.17, 15) is 9.90 Å². The lowest BCUT2D eigenvalue weighted by atomic mass is 10.1. The molecule has 1 fully saturated rings. The van der Waals surface area contributed by atoms with Crippen LogP contribution in [0.15, 0.2) is 18.2 Å². The van der Waals surface area contributed by atoms with E-state index in [0.717, 1.165) is 32.7 Å². The number of phenols is 1. The van der Waals surface area contributed by atoms with E-state index in [1.807, 2.05) is 0 Å². The first-order chi connectivity index (χ1) is 11.0. The van der Waals surface area contributed by atoms with Crippen molar-refractivity contribution in [2.45, 2.75) is 33.3 Å². The molecule has 2 rings (SSSR count). The van der Waals surface area contributed by atoms with Gasteiger partial charge in [0.05, 0.1) is 12.7 Å². The van der Waals surface area contributed by atoms with Crippen molar-refractivity contribution >= 4 is 5.91 Å². The number of ether oxygens (including phenoxy) is 1. The Bertz CT molecular complexity index is 531. The summed E-state index contributed by atoms with van der Waals surface area (Å²) in [5, 5.41) is 12.4. The molecule has 1 unspecified atom stereocenters. The largest absolute Gasteiger partial charge is 0.508 e. The molecular weight excluding hydrogens is 292 g/mol. The Balaban J connectivity index is 1.75. The molecule has 1 atom stereocenters. The third kappa shape index (κ3) is 5.52. The molecule has 0 radical (unpaired) electrons. The van der Waals surface area contributed by atoms with Crippen molar-refractivity contribution in [1.29, 1.82) is 0 Å². The number of hydrogen-bond donors (Lipinski definition) is 2. The third-order valence-electron chi connectivity index (χ3n) is 4.06. The lowest BCUT2D eigenvalue weighted by Crippen LogP contribution is -2.45. The van der Waals surface area contributed by atoms with Crippen LogP contribution in [0.25, 0.3) is 0 Å². The molecule has 23 heavy (non-hydrogen) atoms. The van der Waals surface area contributed by atoms with Gasteiger partial charge in [-0.05, 0) is 43.0 Å². The van der Waals surface area contributed by atoms with Gasteiger partial charge in [0.1, 0.15) is 5.75 Å². The zero-order chi connectivity index (χ0) is 16.8. The highest BCUT2D eigenvalue weighted by Gasteiger charge is 2.20. The van der Waals surface area contributed by atoms with Crippen LogP contribution in [0.2, 0.25) is 0 Å². The fourth-order valence-corrected chi connectivity index (χ4v) is 2.88. The Labute approximate surface area is 138 Å². The standard InChI is InChI=1S/C18H28N2O3/c1-13(2)11-20-8-9-23-16(12-20)6-7-19-18(22)15-4-5-17(21)14(3)10-15/h4-5,10,13,16,21H,6-9,11-12H2,1-3H3,(H,19,22). The zero-order valence-corrected chi connectivity index (χ0v) is 14.3. The summed E-state index contributed by atoms with van der Waals surface area (Å²) in [6.07, 6.45) is 1.00. The highest BCUT2D eigenvalue weighted by molar-refractivity contribution is 5.94. The minimum absolute atomic E-state index is 0.108. The molecule has 1 amide bonds. The van der Waals surface area contributed by atoms with Crippen LogP contribution in [0.3, 0.4) is 0 Å². The number of morpholine rings is 1. The highest BCUT2D eigenvalue weighted by atomic mass is 16.5. The lowest BCUT2D eigenvalue weighted by molar-refractivity contribution is -0.0344. The summed E-state index contributed by atoms with van der Waals surface area (Å²) >= 11 is 0. The molecule has 128 valence electrons. The second-order valence-electron chi connectivity index (χ2n) is 6.69. The highest BCUT2D eigenvalue weighted by Crippen LogP contribution is 2.17. The molecule has 0 saturated carbocycles. The molecule has 1 heterocycles. The summed E-state index contributed by atoms with van der Waals surface area (Å²) in [4.78, 5) is 14.6. The minimum atomic E-state index is -0.108. The number of amides is 1.